The Bertz CT molecular complexity index is 1160. The molecule has 0 amide bonds. The lowest BCUT2D eigenvalue weighted by Crippen LogP contribution is -2.21. The first kappa shape index (κ1) is 16.8. The fraction of sp³-hybridized carbons (Fsp3) is 0.238. The van der Waals surface area contributed by atoms with Crippen LogP contribution in [0.5, 0.6) is 0 Å². The number of nitrogens with one attached hydrogen (secondary N) is 1. The fourth-order valence-corrected chi connectivity index (χ4v) is 3.39. The topological polar surface area (TPSA) is 70.6 Å². The molecular formula is C21H19FN6. The predicted molar refractivity (Wildman–Crippen MR) is 106 cm³/mol. The van der Waals surface area contributed by atoms with E-state index < -0.39 is 0 Å². The molecule has 0 saturated heterocycles. The summed E-state index contributed by atoms with van der Waals surface area (Å²) in [6.45, 7) is 1.94. The number of pyridine rings is 1. The second-order valence-corrected chi connectivity index (χ2v) is 7.18. The summed E-state index contributed by atoms with van der Waals surface area (Å²) in [4.78, 5) is 16.1. The molecule has 5 rings (SSSR count). The number of aromatic amines is 1. The molecule has 0 aliphatic heterocycles. The third kappa shape index (κ3) is 2.89. The predicted octanol–water partition coefficient (Wildman–Crippen LogP) is 4.13. The first-order valence-electron chi connectivity index (χ1n) is 9.28. The molecule has 0 radical (unpaired) electrons. The van der Waals surface area contributed by atoms with Crippen molar-refractivity contribution in [2.45, 2.75) is 25.8 Å². The van der Waals surface area contributed by atoms with Crippen molar-refractivity contribution < 1.29 is 4.39 Å². The van der Waals surface area contributed by atoms with Crippen LogP contribution >= 0.6 is 0 Å². The average molecular weight is 374 g/mol. The van der Waals surface area contributed by atoms with Gasteiger partial charge in [0.15, 0.2) is 5.65 Å². The lowest BCUT2D eigenvalue weighted by Gasteiger charge is -2.17. The van der Waals surface area contributed by atoms with Gasteiger partial charge in [-0.15, -0.1) is 0 Å². The highest BCUT2D eigenvalue weighted by Crippen LogP contribution is 2.34. The molecule has 0 unspecified atom stereocenters. The van der Waals surface area contributed by atoms with Crippen molar-refractivity contribution in [2.24, 2.45) is 0 Å². The average Bonchev–Trinajstić information content (AvgIpc) is 3.51. The molecular weight excluding hydrogens is 355 g/mol. The number of benzene rings is 1. The minimum atomic E-state index is -0.279. The molecule has 0 spiro atoms. The van der Waals surface area contributed by atoms with E-state index in [0.717, 1.165) is 33.6 Å². The van der Waals surface area contributed by atoms with Crippen LogP contribution < -0.4 is 4.90 Å². The number of H-pyrrole nitrogens is 1. The lowest BCUT2D eigenvalue weighted by atomic mass is 10.0. The number of hydrogen-bond donors (Lipinski definition) is 1. The van der Waals surface area contributed by atoms with E-state index in [2.05, 4.69) is 20.1 Å². The van der Waals surface area contributed by atoms with E-state index in [1.54, 1.807) is 18.3 Å². The Kier molecular flexibility index (Phi) is 3.82. The molecule has 28 heavy (non-hydrogen) atoms. The van der Waals surface area contributed by atoms with E-state index in [1.165, 1.54) is 25.0 Å². The molecule has 1 aliphatic rings. The normalized spacial score (nSPS) is 13.8. The fourth-order valence-electron chi connectivity index (χ4n) is 3.39. The van der Waals surface area contributed by atoms with Crippen molar-refractivity contribution in [3.63, 3.8) is 0 Å². The number of aryl methyl sites for hydroxylation is 1. The summed E-state index contributed by atoms with van der Waals surface area (Å²) in [5.41, 5.74) is 4.78. The molecule has 1 N–H and O–H groups in total. The first-order chi connectivity index (χ1) is 13.6. The second-order valence-electron chi connectivity index (χ2n) is 7.18. The molecule has 140 valence electrons. The Morgan fingerprint density at radius 2 is 1.89 bits per heavy atom. The lowest BCUT2D eigenvalue weighted by molar-refractivity contribution is 0.628. The highest BCUT2D eigenvalue weighted by molar-refractivity contribution is 5.90. The number of halogens is 1. The summed E-state index contributed by atoms with van der Waals surface area (Å²) in [6, 6.07) is 10.8. The third-order valence-electron chi connectivity index (χ3n) is 5.19. The Hall–Kier alpha value is -3.35. The quantitative estimate of drug-likeness (QED) is 0.582. The van der Waals surface area contributed by atoms with E-state index in [9.17, 15) is 4.39 Å². The van der Waals surface area contributed by atoms with Crippen LogP contribution in [0, 0.1) is 12.7 Å². The summed E-state index contributed by atoms with van der Waals surface area (Å²) in [5, 5.41) is 8.17. The minimum Gasteiger partial charge on any atom is -0.341 e. The van der Waals surface area contributed by atoms with Gasteiger partial charge in [0, 0.05) is 35.8 Å². The van der Waals surface area contributed by atoms with Crippen LogP contribution in [0.15, 0.2) is 42.6 Å². The van der Waals surface area contributed by atoms with Crippen molar-refractivity contribution in [3.05, 3.63) is 54.1 Å². The maximum Gasteiger partial charge on any atom is 0.225 e. The van der Waals surface area contributed by atoms with Gasteiger partial charge in [0.25, 0.3) is 0 Å². The van der Waals surface area contributed by atoms with E-state index in [4.69, 9.17) is 9.97 Å². The molecule has 3 heterocycles. The largest absolute Gasteiger partial charge is 0.341 e. The van der Waals surface area contributed by atoms with Crippen molar-refractivity contribution >= 4 is 17.0 Å². The molecule has 4 aromatic rings. The number of fused-ring (bicyclic) bond motifs is 1. The van der Waals surface area contributed by atoms with Gasteiger partial charge in [0.1, 0.15) is 5.82 Å². The summed E-state index contributed by atoms with van der Waals surface area (Å²) in [5.74, 6) is 0.424. The molecule has 1 aromatic carbocycles. The Morgan fingerprint density at radius 3 is 2.64 bits per heavy atom. The van der Waals surface area contributed by atoms with E-state index in [1.807, 2.05) is 26.1 Å². The minimum absolute atomic E-state index is 0.279. The molecule has 6 nitrogen and oxygen atoms in total. The number of anilines is 1. The van der Waals surface area contributed by atoms with Crippen molar-refractivity contribution in [3.8, 4) is 22.5 Å². The summed E-state index contributed by atoms with van der Waals surface area (Å²) in [6.07, 6.45) is 4.12. The Balaban J connectivity index is 1.71. The van der Waals surface area contributed by atoms with Crippen LogP contribution in [-0.4, -0.2) is 38.2 Å². The Morgan fingerprint density at radius 1 is 1.11 bits per heavy atom. The van der Waals surface area contributed by atoms with Gasteiger partial charge in [-0.05, 0) is 56.2 Å². The number of rotatable bonds is 4. The van der Waals surface area contributed by atoms with Gasteiger partial charge in [0.2, 0.25) is 5.95 Å². The van der Waals surface area contributed by atoms with E-state index in [0.29, 0.717) is 17.6 Å². The van der Waals surface area contributed by atoms with Crippen LogP contribution in [-0.2, 0) is 0 Å². The van der Waals surface area contributed by atoms with E-state index in [-0.39, 0.29) is 5.82 Å². The van der Waals surface area contributed by atoms with Gasteiger partial charge in [-0.25, -0.2) is 19.3 Å². The van der Waals surface area contributed by atoms with Crippen LogP contribution in [0.1, 0.15) is 18.5 Å². The number of aromatic nitrogens is 5. The molecule has 7 heteroatoms. The monoisotopic (exact) mass is 374 g/mol. The molecule has 0 bridgehead atoms. The SMILES string of the molecule is Cc1n[nH]c2nc(-c3ccc(F)cc3)c(-c3ccnc(N(C)C4CC4)n3)cc12. The molecule has 3 aromatic heterocycles. The zero-order valence-corrected chi connectivity index (χ0v) is 15.6. The zero-order valence-electron chi connectivity index (χ0n) is 15.6. The van der Waals surface area contributed by atoms with Crippen LogP contribution in [0.25, 0.3) is 33.5 Å². The summed E-state index contributed by atoms with van der Waals surface area (Å²) < 4.78 is 13.4. The maximum atomic E-state index is 13.4. The van der Waals surface area contributed by atoms with Crippen molar-refractivity contribution in [1.29, 1.82) is 0 Å². The molecule has 1 aliphatic carbocycles. The van der Waals surface area contributed by atoms with Gasteiger partial charge in [-0.3, -0.25) is 5.10 Å². The zero-order chi connectivity index (χ0) is 19.3. The van der Waals surface area contributed by atoms with E-state index >= 15 is 0 Å². The highest BCUT2D eigenvalue weighted by Gasteiger charge is 2.28. The van der Waals surface area contributed by atoms with Crippen LogP contribution in [0.4, 0.5) is 10.3 Å². The third-order valence-corrected chi connectivity index (χ3v) is 5.19. The molecule has 0 atom stereocenters. The molecule has 1 fully saturated rings. The Labute approximate surface area is 161 Å². The van der Waals surface area contributed by atoms with Gasteiger partial charge >= 0.3 is 0 Å². The van der Waals surface area contributed by atoms with Gasteiger partial charge in [-0.2, -0.15) is 5.10 Å². The summed E-state index contributed by atoms with van der Waals surface area (Å²) >= 11 is 0. The number of hydrogen-bond acceptors (Lipinski definition) is 5. The second kappa shape index (κ2) is 6.37. The van der Waals surface area contributed by atoms with Crippen LogP contribution in [0.2, 0.25) is 0 Å². The van der Waals surface area contributed by atoms with Gasteiger partial charge in [0.05, 0.1) is 17.1 Å². The number of nitrogens with zero attached hydrogens (tertiary/aromatic N) is 5. The molecule has 1 saturated carbocycles. The van der Waals surface area contributed by atoms with Crippen molar-refractivity contribution in [2.75, 3.05) is 11.9 Å². The first-order valence-corrected chi connectivity index (χ1v) is 9.28. The summed E-state index contributed by atoms with van der Waals surface area (Å²) in [7, 11) is 2.03. The van der Waals surface area contributed by atoms with Gasteiger partial charge < -0.3 is 4.90 Å². The van der Waals surface area contributed by atoms with Crippen molar-refractivity contribution in [1.82, 2.24) is 25.1 Å². The standard InChI is InChI=1S/C21H19FN6/c1-12-16-11-17(18-9-10-23-21(24-18)28(2)15-7-8-15)19(25-20(16)27-26-12)13-3-5-14(22)6-4-13/h3-6,9-11,15H,7-8H2,1-2H3,(H,25,26,27). The smallest absolute Gasteiger partial charge is 0.225 e. The maximum absolute atomic E-state index is 13.4. The van der Waals surface area contributed by atoms with Crippen LogP contribution in [0.3, 0.4) is 0 Å². The van der Waals surface area contributed by atoms with Gasteiger partial charge in [-0.1, -0.05) is 0 Å². The highest BCUT2D eigenvalue weighted by atomic mass is 19.1.